The summed E-state index contributed by atoms with van der Waals surface area (Å²) >= 11 is 5.45. The van der Waals surface area contributed by atoms with Crippen LogP contribution in [0.25, 0.3) is 0 Å². The van der Waals surface area contributed by atoms with Gasteiger partial charge in [0, 0.05) is 24.2 Å². The average Bonchev–Trinajstić information content (AvgIpc) is 2.87. The van der Waals surface area contributed by atoms with Crippen LogP contribution in [0.4, 0.5) is 0 Å². The van der Waals surface area contributed by atoms with Crippen LogP contribution in [-0.2, 0) is 12.8 Å². The summed E-state index contributed by atoms with van der Waals surface area (Å²) in [6.45, 7) is 0. The Hall–Kier alpha value is -1.10. The first-order valence-corrected chi connectivity index (χ1v) is 7.80. The summed E-state index contributed by atoms with van der Waals surface area (Å²) < 4.78 is 0. The van der Waals surface area contributed by atoms with E-state index in [0.29, 0.717) is 12.1 Å². The number of H-pyrrole nitrogens is 1. The van der Waals surface area contributed by atoms with Crippen LogP contribution < -0.4 is 10.6 Å². The van der Waals surface area contributed by atoms with Gasteiger partial charge in [0.05, 0.1) is 6.20 Å². The lowest BCUT2D eigenvalue weighted by Crippen LogP contribution is -2.48. The molecule has 2 aliphatic carbocycles. The number of nitrogens with one attached hydrogen (secondary N) is 3. The lowest BCUT2D eigenvalue weighted by Gasteiger charge is -2.28. The molecule has 19 heavy (non-hydrogen) atoms. The van der Waals surface area contributed by atoms with Gasteiger partial charge in [-0.05, 0) is 43.5 Å². The van der Waals surface area contributed by atoms with E-state index in [2.05, 4.69) is 20.8 Å². The third kappa shape index (κ3) is 3.26. The zero-order valence-electron chi connectivity index (χ0n) is 11.2. The molecule has 4 nitrogen and oxygen atoms in total. The lowest BCUT2D eigenvalue weighted by molar-refractivity contribution is 0.408. The number of aromatic nitrogens is 2. The molecular weight excluding hydrogens is 256 g/mol. The smallest absolute Gasteiger partial charge is 0.166 e. The number of thiocarbonyl (C=S) groups is 1. The molecule has 1 aromatic rings. The van der Waals surface area contributed by atoms with Gasteiger partial charge in [0.25, 0.3) is 0 Å². The van der Waals surface area contributed by atoms with Crippen molar-refractivity contribution in [2.75, 3.05) is 0 Å². The lowest BCUT2D eigenvalue weighted by atomic mass is 9.94. The maximum Gasteiger partial charge on any atom is 0.166 e. The Balaban J connectivity index is 1.47. The van der Waals surface area contributed by atoms with Crippen molar-refractivity contribution in [3.63, 3.8) is 0 Å². The quantitative estimate of drug-likeness (QED) is 0.725. The van der Waals surface area contributed by atoms with E-state index in [9.17, 15) is 0 Å². The molecule has 104 valence electrons. The van der Waals surface area contributed by atoms with Gasteiger partial charge >= 0.3 is 0 Å². The topological polar surface area (TPSA) is 52.7 Å². The van der Waals surface area contributed by atoms with Crippen molar-refractivity contribution in [2.24, 2.45) is 0 Å². The molecule has 1 heterocycles. The van der Waals surface area contributed by atoms with E-state index in [0.717, 1.165) is 24.4 Å². The van der Waals surface area contributed by atoms with Crippen molar-refractivity contribution in [2.45, 2.75) is 63.5 Å². The van der Waals surface area contributed by atoms with Crippen LogP contribution in [0.1, 0.15) is 49.8 Å². The van der Waals surface area contributed by atoms with Crippen LogP contribution in [0, 0.1) is 0 Å². The van der Waals surface area contributed by atoms with Crippen LogP contribution in [0.15, 0.2) is 6.20 Å². The first-order valence-electron chi connectivity index (χ1n) is 7.39. The van der Waals surface area contributed by atoms with Gasteiger partial charge in [-0.1, -0.05) is 19.3 Å². The monoisotopic (exact) mass is 278 g/mol. The molecule has 1 atom stereocenters. The standard InChI is InChI=1S/C14H22N4S/c19-14(16-11-4-2-1-3-5-11)17-12-7-6-10-9-15-18-13(10)8-12/h9,11-12H,1-8H2,(H,15,18)(H2,16,17,19). The summed E-state index contributed by atoms with van der Waals surface area (Å²) in [7, 11) is 0. The molecule has 1 unspecified atom stereocenters. The highest BCUT2D eigenvalue weighted by atomic mass is 32.1. The van der Waals surface area contributed by atoms with Crippen LogP contribution in [0.2, 0.25) is 0 Å². The fourth-order valence-corrected chi connectivity index (χ4v) is 3.52. The van der Waals surface area contributed by atoms with Gasteiger partial charge in [-0.2, -0.15) is 5.10 Å². The Morgan fingerprint density at radius 2 is 1.95 bits per heavy atom. The molecule has 0 radical (unpaired) electrons. The minimum atomic E-state index is 0.441. The van der Waals surface area contributed by atoms with Gasteiger partial charge in [0.15, 0.2) is 5.11 Å². The molecule has 5 heteroatoms. The van der Waals surface area contributed by atoms with Crippen molar-refractivity contribution in [3.05, 3.63) is 17.5 Å². The first kappa shape index (κ1) is 12.9. The van der Waals surface area contributed by atoms with Crippen molar-refractivity contribution in [1.29, 1.82) is 0 Å². The van der Waals surface area contributed by atoms with Gasteiger partial charge in [-0.25, -0.2) is 0 Å². The number of nitrogens with zero attached hydrogens (tertiary/aromatic N) is 1. The number of hydrogen-bond acceptors (Lipinski definition) is 2. The average molecular weight is 278 g/mol. The Morgan fingerprint density at radius 1 is 1.16 bits per heavy atom. The van der Waals surface area contributed by atoms with Crippen LogP contribution >= 0.6 is 12.2 Å². The number of aryl methyl sites for hydroxylation is 1. The van der Waals surface area contributed by atoms with Crippen molar-refractivity contribution < 1.29 is 0 Å². The minimum absolute atomic E-state index is 0.441. The SMILES string of the molecule is S=C(NC1CCCCC1)NC1CCc2cn[nH]c2C1. The first-order chi connectivity index (χ1) is 9.31. The Labute approximate surface area is 119 Å². The zero-order valence-corrected chi connectivity index (χ0v) is 12.1. The molecule has 0 bridgehead atoms. The van der Waals surface area contributed by atoms with Gasteiger partial charge in [0.1, 0.15) is 0 Å². The van der Waals surface area contributed by atoms with Crippen LogP contribution in [-0.4, -0.2) is 27.4 Å². The molecule has 0 amide bonds. The third-order valence-electron chi connectivity index (χ3n) is 4.30. The third-order valence-corrected chi connectivity index (χ3v) is 4.53. The molecule has 2 aliphatic rings. The van der Waals surface area contributed by atoms with E-state index in [1.54, 1.807) is 0 Å². The number of hydrogen-bond donors (Lipinski definition) is 3. The van der Waals surface area contributed by atoms with Crippen molar-refractivity contribution in [3.8, 4) is 0 Å². The zero-order chi connectivity index (χ0) is 13.1. The summed E-state index contributed by atoms with van der Waals surface area (Å²) in [4.78, 5) is 0. The summed E-state index contributed by atoms with van der Waals surface area (Å²) in [5.41, 5.74) is 2.63. The predicted octanol–water partition coefficient (Wildman–Crippen LogP) is 2.06. The molecule has 3 N–H and O–H groups in total. The fraction of sp³-hybridized carbons (Fsp3) is 0.714. The molecule has 0 aromatic carbocycles. The minimum Gasteiger partial charge on any atom is -0.360 e. The molecule has 1 saturated carbocycles. The van der Waals surface area contributed by atoms with E-state index in [-0.39, 0.29) is 0 Å². The van der Waals surface area contributed by atoms with Crippen molar-refractivity contribution in [1.82, 2.24) is 20.8 Å². The van der Waals surface area contributed by atoms with Crippen LogP contribution in [0.5, 0.6) is 0 Å². The maximum atomic E-state index is 5.45. The Kier molecular flexibility index (Phi) is 4.01. The van der Waals surface area contributed by atoms with E-state index >= 15 is 0 Å². The van der Waals surface area contributed by atoms with E-state index in [1.807, 2.05) is 6.20 Å². The molecule has 0 aliphatic heterocycles. The Bertz CT molecular complexity index is 436. The van der Waals surface area contributed by atoms with Crippen LogP contribution in [0.3, 0.4) is 0 Å². The second-order valence-electron chi connectivity index (χ2n) is 5.77. The van der Waals surface area contributed by atoms with Gasteiger partial charge in [-0.3, -0.25) is 5.10 Å². The summed E-state index contributed by atoms with van der Waals surface area (Å²) in [6, 6.07) is 1.02. The molecule has 1 aromatic heterocycles. The molecule has 0 saturated heterocycles. The molecular formula is C14H22N4S. The van der Waals surface area contributed by atoms with Crippen molar-refractivity contribution >= 4 is 17.3 Å². The summed E-state index contributed by atoms with van der Waals surface area (Å²) in [5, 5.41) is 15.0. The van der Waals surface area contributed by atoms with Gasteiger partial charge in [-0.15, -0.1) is 0 Å². The molecule has 0 spiro atoms. The van der Waals surface area contributed by atoms with E-state index in [4.69, 9.17) is 12.2 Å². The summed E-state index contributed by atoms with van der Waals surface area (Å²) in [5.74, 6) is 0. The number of rotatable bonds is 2. The van der Waals surface area contributed by atoms with E-state index < -0.39 is 0 Å². The number of fused-ring (bicyclic) bond motifs is 1. The maximum absolute atomic E-state index is 5.45. The molecule has 1 fully saturated rings. The highest BCUT2D eigenvalue weighted by molar-refractivity contribution is 7.80. The normalized spacial score (nSPS) is 23.7. The summed E-state index contributed by atoms with van der Waals surface area (Å²) in [6.07, 6.45) is 11.8. The van der Waals surface area contributed by atoms with Gasteiger partial charge in [0.2, 0.25) is 0 Å². The Morgan fingerprint density at radius 3 is 2.79 bits per heavy atom. The largest absolute Gasteiger partial charge is 0.360 e. The fourth-order valence-electron chi connectivity index (χ4n) is 3.19. The van der Waals surface area contributed by atoms with Gasteiger partial charge < -0.3 is 10.6 Å². The highest BCUT2D eigenvalue weighted by Gasteiger charge is 2.21. The second kappa shape index (κ2) is 5.90. The second-order valence-corrected chi connectivity index (χ2v) is 6.17. The number of aromatic amines is 1. The van der Waals surface area contributed by atoms with E-state index in [1.165, 1.54) is 43.4 Å². The highest BCUT2D eigenvalue weighted by Crippen LogP contribution is 2.19. The predicted molar refractivity (Wildman–Crippen MR) is 80.1 cm³/mol. The molecule has 3 rings (SSSR count).